The number of ketones is 1. The first-order valence-electron chi connectivity index (χ1n) is 9.17. The molecule has 3 aromatic rings. The fourth-order valence-corrected chi connectivity index (χ4v) is 3.33. The van der Waals surface area contributed by atoms with Gasteiger partial charge in [-0.2, -0.15) is 4.98 Å². The van der Waals surface area contributed by atoms with Crippen molar-refractivity contribution in [2.45, 2.75) is 45.6 Å². The third-order valence-electron chi connectivity index (χ3n) is 5.22. The van der Waals surface area contributed by atoms with Crippen molar-refractivity contribution in [3.63, 3.8) is 0 Å². The monoisotopic (exact) mass is 363 g/mol. The molecule has 0 amide bonds. The zero-order valence-electron chi connectivity index (χ0n) is 15.7. The van der Waals surface area contributed by atoms with Crippen molar-refractivity contribution in [2.75, 3.05) is 0 Å². The first kappa shape index (κ1) is 17.4. The molecule has 0 unspecified atom stereocenters. The Morgan fingerprint density at radius 3 is 2.59 bits per heavy atom. The number of benzene rings is 1. The van der Waals surface area contributed by atoms with Crippen LogP contribution in [0.3, 0.4) is 0 Å². The van der Waals surface area contributed by atoms with Gasteiger partial charge in [-0.15, -0.1) is 0 Å². The summed E-state index contributed by atoms with van der Waals surface area (Å²) in [6, 6.07) is 9.24. The first-order chi connectivity index (χ1) is 13.0. The van der Waals surface area contributed by atoms with Crippen LogP contribution in [0.15, 0.2) is 41.1 Å². The van der Waals surface area contributed by atoms with E-state index in [0.717, 1.165) is 24.1 Å². The van der Waals surface area contributed by atoms with Crippen molar-refractivity contribution >= 4 is 5.78 Å². The van der Waals surface area contributed by atoms with Gasteiger partial charge in [-0.3, -0.25) is 9.78 Å². The maximum Gasteiger partial charge on any atom is 0.258 e. The summed E-state index contributed by atoms with van der Waals surface area (Å²) in [5, 5.41) is 4.03. The molecule has 0 aliphatic carbocycles. The van der Waals surface area contributed by atoms with Gasteiger partial charge in [0.1, 0.15) is 11.4 Å². The van der Waals surface area contributed by atoms with E-state index in [9.17, 15) is 4.79 Å². The number of rotatable bonds is 4. The summed E-state index contributed by atoms with van der Waals surface area (Å²) in [5.41, 5.74) is 2.57. The van der Waals surface area contributed by atoms with E-state index < -0.39 is 5.60 Å². The van der Waals surface area contributed by atoms with E-state index >= 15 is 0 Å². The van der Waals surface area contributed by atoms with Crippen LogP contribution in [-0.2, 0) is 0 Å². The summed E-state index contributed by atoms with van der Waals surface area (Å²) in [4.78, 5) is 21.4. The number of pyridine rings is 1. The molecule has 1 aromatic carbocycles. The fourth-order valence-electron chi connectivity index (χ4n) is 3.33. The Balaban J connectivity index is 1.66. The predicted octanol–water partition coefficient (Wildman–Crippen LogP) is 4.63. The number of aromatic nitrogens is 3. The molecular formula is C21H21N3O3. The lowest BCUT2D eigenvalue weighted by Gasteiger charge is -2.36. The predicted molar refractivity (Wildman–Crippen MR) is 101 cm³/mol. The van der Waals surface area contributed by atoms with Crippen LogP contribution in [0, 0.1) is 6.92 Å². The largest absolute Gasteiger partial charge is 0.486 e. The van der Waals surface area contributed by atoms with Crippen molar-refractivity contribution in [1.82, 2.24) is 15.1 Å². The molecule has 4 rings (SSSR count). The summed E-state index contributed by atoms with van der Waals surface area (Å²) in [6.07, 6.45) is 3.70. The molecule has 6 nitrogen and oxygen atoms in total. The molecule has 2 aromatic heterocycles. The van der Waals surface area contributed by atoms with E-state index in [1.54, 1.807) is 12.3 Å². The molecule has 27 heavy (non-hydrogen) atoms. The van der Waals surface area contributed by atoms with Crippen molar-refractivity contribution in [3.8, 4) is 28.6 Å². The maximum absolute atomic E-state index is 12.7. The van der Waals surface area contributed by atoms with Gasteiger partial charge in [0.2, 0.25) is 5.82 Å². The van der Waals surface area contributed by atoms with Gasteiger partial charge in [-0.05, 0) is 50.1 Å². The van der Waals surface area contributed by atoms with Crippen LogP contribution in [0.25, 0.3) is 22.8 Å². The molecule has 0 atom stereocenters. The minimum absolute atomic E-state index is 0.0873. The standard InChI is InChI=1S/C21H21N3O3/c1-4-21(5-2)11-17(25)16-10-14(8-9-18(16)26-21)20-23-19(24-27-20)15-7-6-13(3)22-12-15/h6-10,12H,4-5,11H2,1-3H3. The lowest BCUT2D eigenvalue weighted by molar-refractivity contribution is 0.0350. The summed E-state index contributed by atoms with van der Waals surface area (Å²) < 4.78 is 11.6. The van der Waals surface area contributed by atoms with Gasteiger partial charge < -0.3 is 9.26 Å². The van der Waals surface area contributed by atoms with Crippen LogP contribution in [0.1, 0.15) is 49.2 Å². The number of hydrogen-bond acceptors (Lipinski definition) is 6. The van der Waals surface area contributed by atoms with Crippen molar-refractivity contribution in [1.29, 1.82) is 0 Å². The van der Waals surface area contributed by atoms with E-state index in [2.05, 4.69) is 29.0 Å². The molecule has 0 saturated carbocycles. The Bertz CT molecular complexity index is 988. The van der Waals surface area contributed by atoms with Gasteiger partial charge in [-0.25, -0.2) is 0 Å². The minimum Gasteiger partial charge on any atom is -0.486 e. The van der Waals surface area contributed by atoms with Gasteiger partial charge in [0.05, 0.1) is 12.0 Å². The zero-order valence-corrected chi connectivity index (χ0v) is 15.7. The van der Waals surface area contributed by atoms with Gasteiger partial charge >= 0.3 is 0 Å². The van der Waals surface area contributed by atoms with Crippen LogP contribution in [-0.4, -0.2) is 26.5 Å². The fraction of sp³-hybridized carbons (Fsp3) is 0.333. The third kappa shape index (κ3) is 3.12. The second kappa shape index (κ2) is 6.61. The van der Waals surface area contributed by atoms with E-state index in [1.807, 2.05) is 31.2 Å². The summed E-state index contributed by atoms with van der Waals surface area (Å²) in [7, 11) is 0. The Morgan fingerprint density at radius 2 is 1.89 bits per heavy atom. The lowest BCUT2D eigenvalue weighted by Crippen LogP contribution is -2.40. The number of aryl methyl sites for hydroxylation is 1. The van der Waals surface area contributed by atoms with Gasteiger partial charge in [0.15, 0.2) is 5.78 Å². The third-order valence-corrected chi connectivity index (χ3v) is 5.22. The summed E-state index contributed by atoms with van der Waals surface area (Å²) >= 11 is 0. The summed E-state index contributed by atoms with van der Waals surface area (Å²) in [6.45, 7) is 6.02. The van der Waals surface area contributed by atoms with Crippen LogP contribution < -0.4 is 4.74 Å². The van der Waals surface area contributed by atoms with E-state index in [0.29, 0.717) is 35.0 Å². The van der Waals surface area contributed by atoms with Crippen LogP contribution >= 0.6 is 0 Å². The molecule has 1 aliphatic heterocycles. The van der Waals surface area contributed by atoms with E-state index in [4.69, 9.17) is 9.26 Å². The molecule has 0 N–H and O–H groups in total. The highest BCUT2D eigenvalue weighted by Crippen LogP contribution is 2.38. The number of carbonyl (C=O) groups excluding carboxylic acids is 1. The molecule has 0 saturated heterocycles. The molecule has 6 heteroatoms. The Morgan fingerprint density at radius 1 is 1.11 bits per heavy atom. The Labute approximate surface area is 157 Å². The van der Waals surface area contributed by atoms with Crippen LogP contribution in [0.4, 0.5) is 0 Å². The van der Waals surface area contributed by atoms with Gasteiger partial charge in [-0.1, -0.05) is 19.0 Å². The van der Waals surface area contributed by atoms with Crippen molar-refractivity contribution in [3.05, 3.63) is 47.8 Å². The zero-order chi connectivity index (χ0) is 19.0. The highest BCUT2D eigenvalue weighted by molar-refractivity contribution is 6.01. The molecular weight excluding hydrogens is 342 g/mol. The van der Waals surface area contributed by atoms with Gasteiger partial charge in [0.25, 0.3) is 5.89 Å². The normalized spacial score (nSPS) is 15.3. The average molecular weight is 363 g/mol. The van der Waals surface area contributed by atoms with E-state index in [1.165, 1.54) is 0 Å². The quantitative estimate of drug-likeness (QED) is 0.672. The maximum atomic E-state index is 12.7. The molecule has 0 fully saturated rings. The number of hydrogen-bond donors (Lipinski definition) is 0. The van der Waals surface area contributed by atoms with Crippen LogP contribution in [0.5, 0.6) is 5.75 Å². The second-order valence-electron chi connectivity index (χ2n) is 6.91. The first-order valence-corrected chi connectivity index (χ1v) is 9.17. The number of ether oxygens (including phenoxy) is 1. The Hall–Kier alpha value is -3.02. The molecule has 138 valence electrons. The van der Waals surface area contributed by atoms with Gasteiger partial charge in [0, 0.05) is 23.0 Å². The van der Waals surface area contributed by atoms with Crippen LogP contribution in [0.2, 0.25) is 0 Å². The lowest BCUT2D eigenvalue weighted by atomic mass is 9.85. The number of carbonyl (C=O) groups is 1. The molecule has 3 heterocycles. The SMILES string of the molecule is CCC1(CC)CC(=O)c2cc(-c3nc(-c4ccc(C)nc4)no3)ccc2O1. The molecule has 0 radical (unpaired) electrons. The van der Waals surface area contributed by atoms with Crippen molar-refractivity contribution in [2.24, 2.45) is 0 Å². The molecule has 0 spiro atoms. The average Bonchev–Trinajstić information content (AvgIpc) is 3.18. The van der Waals surface area contributed by atoms with E-state index in [-0.39, 0.29) is 5.78 Å². The summed E-state index contributed by atoms with van der Waals surface area (Å²) in [5.74, 6) is 1.54. The number of Topliss-reactive ketones (excluding diaryl/α,β-unsaturated/α-hetero) is 1. The number of fused-ring (bicyclic) bond motifs is 1. The second-order valence-corrected chi connectivity index (χ2v) is 6.91. The smallest absolute Gasteiger partial charge is 0.258 e. The Kier molecular flexibility index (Phi) is 4.26. The highest BCUT2D eigenvalue weighted by atomic mass is 16.5. The number of nitrogens with zero attached hydrogens (tertiary/aromatic N) is 3. The minimum atomic E-state index is -0.401. The topological polar surface area (TPSA) is 78.1 Å². The van der Waals surface area contributed by atoms with Crippen molar-refractivity contribution < 1.29 is 14.1 Å². The molecule has 0 bridgehead atoms. The molecule has 1 aliphatic rings. The highest BCUT2D eigenvalue weighted by Gasteiger charge is 2.37.